The van der Waals surface area contributed by atoms with Crippen molar-refractivity contribution in [2.45, 2.75) is 32.0 Å². The summed E-state index contributed by atoms with van der Waals surface area (Å²) in [6, 6.07) is 11.3. The molecular weight excluding hydrogens is 254 g/mol. The lowest BCUT2D eigenvalue weighted by molar-refractivity contribution is 0.123. The molecule has 0 amide bonds. The first-order valence-corrected chi connectivity index (χ1v) is 6.82. The van der Waals surface area contributed by atoms with Crippen molar-refractivity contribution in [3.63, 3.8) is 0 Å². The topological polar surface area (TPSA) is 54.6 Å². The van der Waals surface area contributed by atoms with Gasteiger partial charge in [-0.25, -0.2) is 0 Å². The summed E-state index contributed by atoms with van der Waals surface area (Å²) in [7, 11) is 1.62. The standard InChI is InChI=1S/C16H21NO3/c1-3-15(17-11-14-8-5-9-20-14)16(18)12-6-4-7-13(10-12)19-2/h4-10,15-18H,3,11H2,1-2H3. The fourth-order valence-corrected chi connectivity index (χ4v) is 2.18. The maximum absolute atomic E-state index is 10.5. The summed E-state index contributed by atoms with van der Waals surface area (Å²) in [6.07, 6.45) is 1.89. The highest BCUT2D eigenvalue weighted by Gasteiger charge is 2.19. The molecule has 0 aliphatic carbocycles. The fraction of sp³-hybridized carbons (Fsp3) is 0.375. The quantitative estimate of drug-likeness (QED) is 0.816. The Bertz CT molecular complexity index is 510. The summed E-state index contributed by atoms with van der Waals surface area (Å²) in [4.78, 5) is 0. The molecule has 2 aromatic rings. The van der Waals surface area contributed by atoms with Gasteiger partial charge in [-0.15, -0.1) is 0 Å². The number of methoxy groups -OCH3 is 1. The maximum Gasteiger partial charge on any atom is 0.119 e. The second kappa shape index (κ2) is 7.12. The van der Waals surface area contributed by atoms with Crippen LogP contribution in [-0.4, -0.2) is 18.3 Å². The molecule has 2 unspecified atom stereocenters. The molecule has 1 aromatic carbocycles. The van der Waals surface area contributed by atoms with E-state index in [1.807, 2.05) is 43.3 Å². The smallest absolute Gasteiger partial charge is 0.119 e. The molecule has 1 heterocycles. The van der Waals surface area contributed by atoms with Crippen LogP contribution in [0.5, 0.6) is 5.75 Å². The lowest BCUT2D eigenvalue weighted by Gasteiger charge is -2.23. The van der Waals surface area contributed by atoms with Crippen molar-refractivity contribution in [3.8, 4) is 5.75 Å². The van der Waals surface area contributed by atoms with Crippen molar-refractivity contribution >= 4 is 0 Å². The zero-order valence-corrected chi connectivity index (χ0v) is 11.9. The molecule has 2 atom stereocenters. The zero-order chi connectivity index (χ0) is 14.4. The number of ether oxygens (including phenoxy) is 1. The van der Waals surface area contributed by atoms with Crippen molar-refractivity contribution in [2.24, 2.45) is 0 Å². The van der Waals surface area contributed by atoms with Crippen LogP contribution in [0.15, 0.2) is 47.1 Å². The molecule has 0 saturated heterocycles. The Kier molecular flexibility index (Phi) is 5.21. The van der Waals surface area contributed by atoms with E-state index in [1.165, 1.54) is 0 Å². The predicted molar refractivity (Wildman–Crippen MR) is 77.6 cm³/mol. The number of hydrogen-bond acceptors (Lipinski definition) is 4. The number of aliphatic hydroxyl groups excluding tert-OH is 1. The third-order valence-electron chi connectivity index (χ3n) is 3.37. The predicted octanol–water partition coefficient (Wildman–Crippen LogP) is 2.89. The Morgan fingerprint density at radius 1 is 1.30 bits per heavy atom. The van der Waals surface area contributed by atoms with E-state index in [0.717, 1.165) is 23.5 Å². The summed E-state index contributed by atoms with van der Waals surface area (Å²) >= 11 is 0. The van der Waals surface area contributed by atoms with Gasteiger partial charge in [-0.2, -0.15) is 0 Å². The highest BCUT2D eigenvalue weighted by molar-refractivity contribution is 5.30. The molecule has 0 spiro atoms. The molecule has 2 rings (SSSR count). The summed E-state index contributed by atoms with van der Waals surface area (Å²) in [5, 5.41) is 13.8. The number of furan rings is 1. The van der Waals surface area contributed by atoms with Gasteiger partial charge >= 0.3 is 0 Å². The minimum Gasteiger partial charge on any atom is -0.497 e. The van der Waals surface area contributed by atoms with Crippen LogP contribution < -0.4 is 10.1 Å². The highest BCUT2D eigenvalue weighted by Crippen LogP contribution is 2.23. The average molecular weight is 275 g/mol. The Hall–Kier alpha value is -1.78. The molecule has 1 aromatic heterocycles. The minimum atomic E-state index is -0.579. The second-order valence-electron chi connectivity index (χ2n) is 4.70. The van der Waals surface area contributed by atoms with Crippen molar-refractivity contribution in [3.05, 3.63) is 54.0 Å². The number of aliphatic hydroxyl groups is 1. The van der Waals surface area contributed by atoms with Gasteiger partial charge in [-0.1, -0.05) is 19.1 Å². The first-order valence-electron chi connectivity index (χ1n) is 6.82. The minimum absolute atomic E-state index is 0.0350. The lowest BCUT2D eigenvalue weighted by Crippen LogP contribution is -2.33. The van der Waals surface area contributed by atoms with Crippen LogP contribution in [0, 0.1) is 0 Å². The Balaban J connectivity index is 2.01. The summed E-state index contributed by atoms with van der Waals surface area (Å²) < 4.78 is 10.5. The van der Waals surface area contributed by atoms with Crippen LogP contribution >= 0.6 is 0 Å². The molecule has 0 saturated carbocycles. The molecule has 0 aliphatic heterocycles. The molecule has 108 valence electrons. The van der Waals surface area contributed by atoms with Gasteiger partial charge in [-0.3, -0.25) is 0 Å². The van der Waals surface area contributed by atoms with E-state index in [-0.39, 0.29) is 6.04 Å². The summed E-state index contributed by atoms with van der Waals surface area (Å²) in [5.41, 5.74) is 0.850. The van der Waals surface area contributed by atoms with Crippen molar-refractivity contribution in [2.75, 3.05) is 7.11 Å². The van der Waals surface area contributed by atoms with E-state index in [1.54, 1.807) is 13.4 Å². The Morgan fingerprint density at radius 3 is 2.80 bits per heavy atom. The van der Waals surface area contributed by atoms with E-state index < -0.39 is 6.10 Å². The normalized spacial score (nSPS) is 13.9. The number of nitrogens with one attached hydrogen (secondary N) is 1. The Morgan fingerprint density at radius 2 is 2.15 bits per heavy atom. The van der Waals surface area contributed by atoms with Gasteiger partial charge in [-0.05, 0) is 36.2 Å². The van der Waals surface area contributed by atoms with Gasteiger partial charge in [0.2, 0.25) is 0 Å². The number of benzene rings is 1. The molecule has 0 aliphatic rings. The van der Waals surface area contributed by atoms with E-state index in [9.17, 15) is 5.11 Å². The largest absolute Gasteiger partial charge is 0.497 e. The van der Waals surface area contributed by atoms with E-state index >= 15 is 0 Å². The van der Waals surface area contributed by atoms with Crippen LogP contribution in [0.2, 0.25) is 0 Å². The van der Waals surface area contributed by atoms with Crippen LogP contribution in [0.3, 0.4) is 0 Å². The molecule has 0 fully saturated rings. The molecule has 0 radical (unpaired) electrons. The summed E-state index contributed by atoms with van der Waals surface area (Å²) in [5.74, 6) is 1.61. The monoisotopic (exact) mass is 275 g/mol. The second-order valence-corrected chi connectivity index (χ2v) is 4.70. The van der Waals surface area contributed by atoms with Crippen molar-refractivity contribution in [1.29, 1.82) is 0 Å². The van der Waals surface area contributed by atoms with Gasteiger partial charge in [0.1, 0.15) is 11.5 Å². The van der Waals surface area contributed by atoms with Crippen LogP contribution in [0.1, 0.15) is 30.8 Å². The molecule has 20 heavy (non-hydrogen) atoms. The van der Waals surface area contributed by atoms with Gasteiger partial charge in [0.25, 0.3) is 0 Å². The van der Waals surface area contributed by atoms with Crippen molar-refractivity contribution in [1.82, 2.24) is 5.32 Å². The fourth-order valence-electron chi connectivity index (χ4n) is 2.18. The molecule has 0 bridgehead atoms. The van der Waals surface area contributed by atoms with Gasteiger partial charge < -0.3 is 19.6 Å². The first kappa shape index (κ1) is 14.6. The third kappa shape index (κ3) is 3.62. The van der Waals surface area contributed by atoms with Crippen LogP contribution in [-0.2, 0) is 6.54 Å². The van der Waals surface area contributed by atoms with Gasteiger partial charge in [0.05, 0.1) is 26.0 Å². The summed E-state index contributed by atoms with van der Waals surface area (Å²) in [6.45, 7) is 2.65. The average Bonchev–Trinajstić information content (AvgIpc) is 3.01. The van der Waals surface area contributed by atoms with E-state index in [2.05, 4.69) is 5.32 Å². The van der Waals surface area contributed by atoms with Crippen LogP contribution in [0.4, 0.5) is 0 Å². The molecule has 4 heteroatoms. The lowest BCUT2D eigenvalue weighted by atomic mass is 10.00. The highest BCUT2D eigenvalue weighted by atomic mass is 16.5. The zero-order valence-electron chi connectivity index (χ0n) is 11.9. The molecule has 2 N–H and O–H groups in total. The van der Waals surface area contributed by atoms with Gasteiger partial charge in [0.15, 0.2) is 0 Å². The third-order valence-corrected chi connectivity index (χ3v) is 3.37. The maximum atomic E-state index is 10.5. The first-order chi connectivity index (χ1) is 9.74. The van der Waals surface area contributed by atoms with E-state index in [0.29, 0.717) is 6.54 Å². The molecular formula is C16H21NO3. The van der Waals surface area contributed by atoms with Crippen LogP contribution in [0.25, 0.3) is 0 Å². The SMILES string of the molecule is CCC(NCc1ccco1)C(O)c1cccc(OC)c1. The number of hydrogen-bond donors (Lipinski definition) is 2. The van der Waals surface area contributed by atoms with Crippen molar-refractivity contribution < 1.29 is 14.3 Å². The number of rotatable bonds is 7. The van der Waals surface area contributed by atoms with E-state index in [4.69, 9.17) is 9.15 Å². The molecule has 4 nitrogen and oxygen atoms in total. The Labute approximate surface area is 119 Å². The van der Waals surface area contributed by atoms with Gasteiger partial charge in [0, 0.05) is 6.04 Å².